The van der Waals surface area contributed by atoms with Crippen LogP contribution in [0.2, 0.25) is 0 Å². The number of ether oxygens (including phenoxy) is 1. The number of esters is 1. The highest BCUT2D eigenvalue weighted by Gasteiger charge is 2.20. The number of rotatable bonds is 6. The van der Waals surface area contributed by atoms with Crippen LogP contribution in [0, 0.1) is 0 Å². The number of nitrogens with zero attached hydrogens (tertiary/aromatic N) is 1. The molecule has 0 unspecified atom stereocenters. The maximum absolute atomic E-state index is 12.5. The molecular weight excluding hydrogens is 242 g/mol. The van der Waals surface area contributed by atoms with E-state index in [4.69, 9.17) is 0 Å². The molecule has 0 fully saturated rings. The molecule has 1 aromatic rings. The van der Waals surface area contributed by atoms with Crippen molar-refractivity contribution in [2.75, 3.05) is 20.2 Å². The van der Waals surface area contributed by atoms with Gasteiger partial charge in [-0.05, 0) is 24.5 Å². The third-order valence-corrected chi connectivity index (χ3v) is 2.96. The van der Waals surface area contributed by atoms with Gasteiger partial charge in [0.25, 0.3) is 5.91 Å². The lowest BCUT2D eigenvalue weighted by Gasteiger charge is -2.22. The Hall–Kier alpha value is -1.84. The van der Waals surface area contributed by atoms with Gasteiger partial charge in [-0.2, -0.15) is 0 Å². The van der Waals surface area contributed by atoms with Gasteiger partial charge in [0.2, 0.25) is 0 Å². The van der Waals surface area contributed by atoms with Crippen LogP contribution in [0.1, 0.15) is 36.2 Å². The summed E-state index contributed by atoms with van der Waals surface area (Å²) < 4.78 is 4.64. The van der Waals surface area contributed by atoms with Crippen LogP contribution in [0.4, 0.5) is 0 Å². The average molecular weight is 263 g/mol. The zero-order chi connectivity index (χ0) is 14.3. The number of amides is 1. The van der Waals surface area contributed by atoms with Crippen LogP contribution < -0.4 is 0 Å². The number of hydrogen-bond acceptors (Lipinski definition) is 3. The molecule has 0 bridgehead atoms. The molecule has 0 spiro atoms. The van der Waals surface area contributed by atoms with Gasteiger partial charge in [-0.1, -0.05) is 32.0 Å². The second-order valence-corrected chi connectivity index (χ2v) is 4.31. The van der Waals surface area contributed by atoms with Crippen molar-refractivity contribution < 1.29 is 14.3 Å². The summed E-state index contributed by atoms with van der Waals surface area (Å²) in [5, 5.41) is 0. The highest BCUT2D eigenvalue weighted by atomic mass is 16.5. The first-order valence-electron chi connectivity index (χ1n) is 6.58. The average Bonchev–Trinajstić information content (AvgIpc) is 2.45. The van der Waals surface area contributed by atoms with Gasteiger partial charge in [0.1, 0.15) is 6.54 Å². The Morgan fingerprint density at radius 3 is 2.47 bits per heavy atom. The Morgan fingerprint density at radius 2 is 1.89 bits per heavy atom. The van der Waals surface area contributed by atoms with E-state index in [1.165, 1.54) is 7.11 Å². The van der Waals surface area contributed by atoms with E-state index in [1.54, 1.807) is 11.0 Å². The van der Waals surface area contributed by atoms with Crippen molar-refractivity contribution in [1.82, 2.24) is 4.90 Å². The lowest BCUT2D eigenvalue weighted by Crippen LogP contribution is -2.37. The van der Waals surface area contributed by atoms with E-state index in [9.17, 15) is 9.59 Å². The van der Waals surface area contributed by atoms with Crippen molar-refractivity contribution in [2.45, 2.75) is 26.7 Å². The fourth-order valence-electron chi connectivity index (χ4n) is 1.95. The third-order valence-electron chi connectivity index (χ3n) is 2.96. The minimum absolute atomic E-state index is 0.00121. The molecule has 1 rings (SSSR count). The van der Waals surface area contributed by atoms with Gasteiger partial charge >= 0.3 is 5.97 Å². The summed E-state index contributed by atoms with van der Waals surface area (Å²) in [7, 11) is 1.33. The molecule has 0 saturated carbocycles. The predicted octanol–water partition coefficient (Wildman–Crippen LogP) is 2.27. The minimum Gasteiger partial charge on any atom is -0.468 e. The van der Waals surface area contributed by atoms with Crippen molar-refractivity contribution in [3.8, 4) is 0 Å². The Morgan fingerprint density at radius 1 is 1.21 bits per heavy atom. The maximum atomic E-state index is 12.5. The van der Waals surface area contributed by atoms with Crippen molar-refractivity contribution in [3.63, 3.8) is 0 Å². The van der Waals surface area contributed by atoms with Gasteiger partial charge in [0, 0.05) is 12.1 Å². The molecule has 19 heavy (non-hydrogen) atoms. The maximum Gasteiger partial charge on any atom is 0.325 e. The Kier molecular flexibility index (Phi) is 6.06. The Labute approximate surface area is 114 Å². The molecule has 1 aromatic carbocycles. The zero-order valence-corrected chi connectivity index (χ0v) is 11.8. The largest absolute Gasteiger partial charge is 0.468 e. The summed E-state index contributed by atoms with van der Waals surface area (Å²) in [5.74, 6) is -0.500. The summed E-state index contributed by atoms with van der Waals surface area (Å²) in [6, 6.07) is 7.51. The molecule has 4 nitrogen and oxygen atoms in total. The fraction of sp³-hybridized carbons (Fsp3) is 0.467. The van der Waals surface area contributed by atoms with Crippen LogP contribution in [0.5, 0.6) is 0 Å². The minimum atomic E-state index is -0.393. The van der Waals surface area contributed by atoms with E-state index < -0.39 is 5.97 Å². The zero-order valence-electron chi connectivity index (χ0n) is 11.8. The van der Waals surface area contributed by atoms with Gasteiger partial charge in [-0.25, -0.2) is 0 Å². The second-order valence-electron chi connectivity index (χ2n) is 4.31. The van der Waals surface area contributed by atoms with Crippen LogP contribution in [-0.2, 0) is 16.0 Å². The first-order chi connectivity index (χ1) is 9.13. The molecule has 0 aliphatic heterocycles. The second kappa shape index (κ2) is 7.56. The van der Waals surface area contributed by atoms with E-state index >= 15 is 0 Å². The molecule has 104 valence electrons. The summed E-state index contributed by atoms with van der Waals surface area (Å²) in [5.41, 5.74) is 1.67. The first kappa shape index (κ1) is 15.2. The van der Waals surface area contributed by atoms with Gasteiger partial charge < -0.3 is 9.64 Å². The van der Waals surface area contributed by atoms with Gasteiger partial charge in [0.05, 0.1) is 7.11 Å². The van der Waals surface area contributed by atoms with Crippen LogP contribution in [0.15, 0.2) is 24.3 Å². The SMILES string of the molecule is CCCN(CC(=O)OC)C(=O)c1ccccc1CC. The lowest BCUT2D eigenvalue weighted by molar-refractivity contribution is -0.141. The molecule has 0 atom stereocenters. The Balaban J connectivity index is 2.95. The van der Waals surface area contributed by atoms with E-state index in [0.29, 0.717) is 12.1 Å². The highest BCUT2D eigenvalue weighted by Crippen LogP contribution is 2.13. The number of carbonyl (C=O) groups is 2. The highest BCUT2D eigenvalue weighted by molar-refractivity contribution is 5.97. The van der Waals surface area contributed by atoms with Gasteiger partial charge in [-0.15, -0.1) is 0 Å². The van der Waals surface area contributed by atoms with E-state index in [1.807, 2.05) is 32.0 Å². The van der Waals surface area contributed by atoms with Crippen molar-refractivity contribution in [3.05, 3.63) is 35.4 Å². The molecule has 0 radical (unpaired) electrons. The predicted molar refractivity (Wildman–Crippen MR) is 74.0 cm³/mol. The normalized spacial score (nSPS) is 10.1. The Bertz CT molecular complexity index is 443. The van der Waals surface area contributed by atoms with Crippen LogP contribution in [0.25, 0.3) is 0 Å². The van der Waals surface area contributed by atoms with E-state index in [2.05, 4.69) is 4.74 Å². The number of hydrogen-bond donors (Lipinski definition) is 0. The lowest BCUT2D eigenvalue weighted by atomic mass is 10.0. The smallest absolute Gasteiger partial charge is 0.325 e. The van der Waals surface area contributed by atoms with Crippen molar-refractivity contribution in [2.24, 2.45) is 0 Å². The standard InChI is InChI=1S/C15H21NO3/c1-4-10-16(11-14(17)19-3)15(18)13-9-7-6-8-12(13)5-2/h6-9H,4-5,10-11H2,1-3H3. The molecule has 0 aliphatic carbocycles. The monoisotopic (exact) mass is 263 g/mol. The molecule has 1 amide bonds. The van der Waals surface area contributed by atoms with Crippen molar-refractivity contribution >= 4 is 11.9 Å². The van der Waals surface area contributed by atoms with E-state index in [-0.39, 0.29) is 12.5 Å². The number of carbonyl (C=O) groups excluding carboxylic acids is 2. The van der Waals surface area contributed by atoms with Crippen LogP contribution in [0.3, 0.4) is 0 Å². The van der Waals surface area contributed by atoms with E-state index in [0.717, 1.165) is 18.4 Å². The number of benzene rings is 1. The fourth-order valence-corrected chi connectivity index (χ4v) is 1.95. The van der Waals surface area contributed by atoms with Crippen molar-refractivity contribution in [1.29, 1.82) is 0 Å². The van der Waals surface area contributed by atoms with Gasteiger partial charge in [-0.3, -0.25) is 9.59 Å². The summed E-state index contributed by atoms with van der Waals surface area (Å²) in [4.78, 5) is 25.4. The molecule has 0 saturated heterocycles. The van der Waals surface area contributed by atoms with Crippen LogP contribution in [-0.4, -0.2) is 37.0 Å². The third kappa shape index (κ3) is 4.09. The number of aryl methyl sites for hydroxylation is 1. The molecule has 0 N–H and O–H groups in total. The number of methoxy groups -OCH3 is 1. The topological polar surface area (TPSA) is 46.6 Å². The quantitative estimate of drug-likeness (QED) is 0.740. The summed E-state index contributed by atoms with van der Waals surface area (Å²) >= 11 is 0. The van der Waals surface area contributed by atoms with Crippen LogP contribution >= 0.6 is 0 Å². The summed E-state index contributed by atoms with van der Waals surface area (Å²) in [6.45, 7) is 4.53. The van der Waals surface area contributed by atoms with Gasteiger partial charge in [0.15, 0.2) is 0 Å². The molecule has 4 heteroatoms. The molecule has 0 aromatic heterocycles. The molecule has 0 heterocycles. The summed E-state index contributed by atoms with van der Waals surface area (Å²) in [6.07, 6.45) is 1.59. The molecular formula is C15H21NO3. The molecule has 0 aliphatic rings. The first-order valence-corrected chi connectivity index (χ1v) is 6.58.